The molecule has 1 heterocycles. The first-order chi connectivity index (χ1) is 9.85. The Morgan fingerprint density at radius 1 is 1.19 bits per heavy atom. The van der Waals surface area contributed by atoms with Crippen molar-refractivity contribution in [3.8, 4) is 0 Å². The normalized spacial score (nSPS) is 18.1. The summed E-state index contributed by atoms with van der Waals surface area (Å²) in [6.45, 7) is 9.32. The van der Waals surface area contributed by atoms with Crippen molar-refractivity contribution in [1.82, 2.24) is 10.2 Å². The number of carbonyl (C=O) groups is 2. The van der Waals surface area contributed by atoms with Gasteiger partial charge in [-0.05, 0) is 31.1 Å². The number of aliphatic hydroxyl groups is 1. The monoisotopic (exact) mass is 298 g/mol. The van der Waals surface area contributed by atoms with Crippen LogP contribution in [0.1, 0.15) is 47.0 Å². The number of amides is 2. The highest BCUT2D eigenvalue weighted by Crippen LogP contribution is 2.18. The van der Waals surface area contributed by atoms with Gasteiger partial charge in [0.05, 0.1) is 0 Å². The van der Waals surface area contributed by atoms with Crippen molar-refractivity contribution in [2.45, 2.75) is 53.0 Å². The molecule has 1 aliphatic rings. The zero-order chi connectivity index (χ0) is 16.0. The summed E-state index contributed by atoms with van der Waals surface area (Å²) in [5.74, 6) is 0.491. The molecule has 1 unspecified atom stereocenters. The van der Waals surface area contributed by atoms with Crippen LogP contribution in [0.2, 0.25) is 0 Å². The minimum absolute atomic E-state index is 0.0223. The molecule has 5 nitrogen and oxygen atoms in total. The Labute approximate surface area is 128 Å². The Balaban J connectivity index is 2.64. The van der Waals surface area contributed by atoms with Gasteiger partial charge < -0.3 is 15.3 Å². The van der Waals surface area contributed by atoms with Crippen molar-refractivity contribution < 1.29 is 14.7 Å². The number of nitrogens with zero attached hydrogens (tertiary/aromatic N) is 1. The van der Waals surface area contributed by atoms with Gasteiger partial charge in [0.25, 0.3) is 0 Å². The largest absolute Gasteiger partial charge is 0.396 e. The van der Waals surface area contributed by atoms with E-state index in [1.165, 1.54) is 0 Å². The SMILES string of the molecule is CC(C)CC(NC(=O)C(C)C)C(=O)N1CCC(CO)CC1. The van der Waals surface area contributed by atoms with E-state index in [1.807, 2.05) is 18.7 Å². The summed E-state index contributed by atoms with van der Waals surface area (Å²) in [7, 11) is 0. The van der Waals surface area contributed by atoms with Crippen LogP contribution in [0.3, 0.4) is 0 Å². The Bertz CT molecular complexity index is 347. The van der Waals surface area contributed by atoms with Crippen LogP contribution in [0.15, 0.2) is 0 Å². The van der Waals surface area contributed by atoms with Gasteiger partial charge in [-0.3, -0.25) is 9.59 Å². The van der Waals surface area contributed by atoms with Crippen LogP contribution in [0.5, 0.6) is 0 Å². The second kappa shape index (κ2) is 8.37. The highest BCUT2D eigenvalue weighted by atomic mass is 16.3. The van der Waals surface area contributed by atoms with Crippen molar-refractivity contribution >= 4 is 11.8 Å². The van der Waals surface area contributed by atoms with Crippen molar-refractivity contribution in [2.24, 2.45) is 17.8 Å². The molecule has 0 aromatic heterocycles. The summed E-state index contributed by atoms with van der Waals surface area (Å²) in [6, 6.07) is -0.425. The second-order valence-corrected chi connectivity index (χ2v) is 6.80. The standard InChI is InChI=1S/C16H30N2O3/c1-11(2)9-14(17-15(20)12(3)4)16(21)18-7-5-13(10-19)6-8-18/h11-14,19H,5-10H2,1-4H3,(H,17,20). The predicted octanol–water partition coefficient (Wildman–Crippen LogP) is 1.40. The molecule has 0 radical (unpaired) electrons. The topological polar surface area (TPSA) is 69.6 Å². The molecule has 1 aliphatic heterocycles. The van der Waals surface area contributed by atoms with Gasteiger partial charge in [0, 0.05) is 25.6 Å². The third-order valence-electron chi connectivity index (χ3n) is 4.03. The molecule has 2 amide bonds. The van der Waals surface area contributed by atoms with E-state index in [4.69, 9.17) is 5.11 Å². The van der Waals surface area contributed by atoms with Crippen LogP contribution in [-0.2, 0) is 9.59 Å². The van der Waals surface area contributed by atoms with E-state index in [-0.39, 0.29) is 24.3 Å². The number of carbonyl (C=O) groups excluding carboxylic acids is 2. The lowest BCUT2D eigenvalue weighted by atomic mass is 9.96. The van der Waals surface area contributed by atoms with Crippen molar-refractivity contribution in [1.29, 1.82) is 0 Å². The lowest BCUT2D eigenvalue weighted by Crippen LogP contribution is -2.52. The molecule has 0 aromatic rings. The van der Waals surface area contributed by atoms with Crippen LogP contribution < -0.4 is 5.32 Å². The Kier molecular flexibility index (Phi) is 7.15. The molecular weight excluding hydrogens is 268 g/mol. The highest BCUT2D eigenvalue weighted by Gasteiger charge is 2.29. The molecule has 0 aliphatic carbocycles. The minimum atomic E-state index is -0.425. The molecule has 1 fully saturated rings. The van der Waals surface area contributed by atoms with Crippen LogP contribution in [0.4, 0.5) is 0 Å². The molecule has 0 bridgehead atoms. The molecule has 1 atom stereocenters. The summed E-state index contributed by atoms with van der Waals surface area (Å²) in [5.41, 5.74) is 0. The first-order valence-corrected chi connectivity index (χ1v) is 8.05. The lowest BCUT2D eigenvalue weighted by Gasteiger charge is -2.34. The summed E-state index contributed by atoms with van der Waals surface area (Å²) >= 11 is 0. The predicted molar refractivity (Wildman–Crippen MR) is 82.6 cm³/mol. The molecule has 1 saturated heterocycles. The van der Waals surface area contributed by atoms with Crippen molar-refractivity contribution in [3.05, 3.63) is 0 Å². The van der Waals surface area contributed by atoms with Crippen LogP contribution in [0.25, 0.3) is 0 Å². The third-order valence-corrected chi connectivity index (χ3v) is 4.03. The number of hydrogen-bond acceptors (Lipinski definition) is 3. The van der Waals surface area contributed by atoms with Crippen molar-refractivity contribution in [2.75, 3.05) is 19.7 Å². The fraction of sp³-hybridized carbons (Fsp3) is 0.875. The Morgan fingerprint density at radius 2 is 1.76 bits per heavy atom. The quantitative estimate of drug-likeness (QED) is 0.779. The summed E-state index contributed by atoms with van der Waals surface area (Å²) in [6.07, 6.45) is 2.35. The highest BCUT2D eigenvalue weighted by molar-refractivity contribution is 5.88. The fourth-order valence-corrected chi connectivity index (χ4v) is 2.59. The van der Waals surface area contributed by atoms with E-state index in [9.17, 15) is 9.59 Å². The molecule has 0 saturated carbocycles. The zero-order valence-electron chi connectivity index (χ0n) is 13.8. The van der Waals surface area contributed by atoms with E-state index in [0.29, 0.717) is 31.3 Å². The Morgan fingerprint density at radius 3 is 2.19 bits per heavy atom. The number of aliphatic hydroxyl groups excluding tert-OH is 1. The number of likely N-dealkylation sites (tertiary alicyclic amines) is 1. The second-order valence-electron chi connectivity index (χ2n) is 6.80. The molecule has 122 valence electrons. The van der Waals surface area contributed by atoms with E-state index < -0.39 is 6.04 Å². The first-order valence-electron chi connectivity index (χ1n) is 8.05. The molecular formula is C16H30N2O3. The lowest BCUT2D eigenvalue weighted by molar-refractivity contribution is -0.138. The van der Waals surface area contributed by atoms with Gasteiger partial charge in [0.2, 0.25) is 11.8 Å². The van der Waals surface area contributed by atoms with Gasteiger partial charge >= 0.3 is 0 Å². The molecule has 0 aromatic carbocycles. The summed E-state index contributed by atoms with van der Waals surface area (Å²) in [4.78, 5) is 26.4. The van der Waals surface area contributed by atoms with E-state index in [1.54, 1.807) is 0 Å². The number of hydrogen-bond donors (Lipinski definition) is 2. The third kappa shape index (κ3) is 5.65. The van der Waals surface area contributed by atoms with Crippen LogP contribution >= 0.6 is 0 Å². The summed E-state index contributed by atoms with van der Waals surface area (Å²) < 4.78 is 0. The molecule has 21 heavy (non-hydrogen) atoms. The molecule has 2 N–H and O–H groups in total. The smallest absolute Gasteiger partial charge is 0.245 e. The number of piperidine rings is 1. The van der Waals surface area contributed by atoms with Crippen molar-refractivity contribution in [3.63, 3.8) is 0 Å². The van der Waals surface area contributed by atoms with Gasteiger partial charge in [-0.25, -0.2) is 0 Å². The van der Waals surface area contributed by atoms with Gasteiger partial charge in [-0.1, -0.05) is 27.7 Å². The van der Waals surface area contributed by atoms with Gasteiger partial charge in [0.1, 0.15) is 6.04 Å². The van der Waals surface area contributed by atoms with Gasteiger partial charge in [0.15, 0.2) is 0 Å². The van der Waals surface area contributed by atoms with Crippen LogP contribution in [-0.4, -0.2) is 47.6 Å². The molecule has 5 heteroatoms. The maximum atomic E-state index is 12.6. The van der Waals surface area contributed by atoms with E-state index in [0.717, 1.165) is 12.8 Å². The number of nitrogens with one attached hydrogen (secondary N) is 1. The Hall–Kier alpha value is -1.10. The number of rotatable bonds is 6. The van der Waals surface area contributed by atoms with E-state index >= 15 is 0 Å². The molecule has 1 rings (SSSR count). The van der Waals surface area contributed by atoms with Gasteiger partial charge in [-0.15, -0.1) is 0 Å². The summed E-state index contributed by atoms with van der Waals surface area (Å²) in [5, 5.41) is 12.1. The maximum Gasteiger partial charge on any atom is 0.245 e. The minimum Gasteiger partial charge on any atom is -0.396 e. The average Bonchev–Trinajstić information content (AvgIpc) is 2.45. The fourth-order valence-electron chi connectivity index (χ4n) is 2.59. The maximum absolute atomic E-state index is 12.6. The van der Waals surface area contributed by atoms with E-state index in [2.05, 4.69) is 19.2 Å². The first kappa shape index (κ1) is 18.0. The zero-order valence-corrected chi connectivity index (χ0v) is 13.8. The van der Waals surface area contributed by atoms with Gasteiger partial charge in [-0.2, -0.15) is 0 Å². The molecule has 0 spiro atoms. The van der Waals surface area contributed by atoms with Crippen LogP contribution in [0, 0.1) is 17.8 Å². The average molecular weight is 298 g/mol.